The van der Waals surface area contributed by atoms with Crippen molar-refractivity contribution in [2.24, 2.45) is 11.3 Å². The molecule has 1 atom stereocenters. The Morgan fingerprint density at radius 3 is 1.87 bits per heavy atom. The monoisotopic (exact) mass is 718 g/mol. The zero-order valence-corrected chi connectivity index (χ0v) is 34.0. The van der Waals surface area contributed by atoms with E-state index < -0.39 is 21.3 Å². The first-order chi connectivity index (χ1) is 19.9. The Balaban J connectivity index is 0.00000276. The van der Waals surface area contributed by atoms with Crippen LogP contribution in [0.3, 0.4) is 0 Å². The minimum atomic E-state index is -2.65. The minimum Gasteiger partial charge on any atom is -1.00 e. The van der Waals surface area contributed by atoms with Crippen LogP contribution in [0.15, 0.2) is 75.1 Å². The molecule has 0 N–H and O–H groups in total. The zero-order valence-electron chi connectivity index (χ0n) is 30.0. The fourth-order valence-corrected chi connectivity index (χ4v) is 15.9. The van der Waals surface area contributed by atoms with Gasteiger partial charge in [-0.25, -0.2) is 0 Å². The van der Waals surface area contributed by atoms with Crippen molar-refractivity contribution in [1.82, 2.24) is 0 Å². The zero-order chi connectivity index (χ0) is 31.6. The molecule has 5 rings (SSSR count). The van der Waals surface area contributed by atoms with E-state index >= 15 is 0 Å². The van der Waals surface area contributed by atoms with Crippen LogP contribution in [0, 0.1) is 18.3 Å². The van der Waals surface area contributed by atoms with Crippen LogP contribution in [0.1, 0.15) is 123 Å². The van der Waals surface area contributed by atoms with Gasteiger partial charge in [0.05, 0.1) is 0 Å². The first-order valence-corrected chi connectivity index (χ1v) is 20.2. The van der Waals surface area contributed by atoms with Gasteiger partial charge in [-0.1, -0.05) is 0 Å². The molecule has 0 aliphatic heterocycles. The molecule has 0 spiro atoms. The van der Waals surface area contributed by atoms with Gasteiger partial charge in [0.15, 0.2) is 0 Å². The Morgan fingerprint density at radius 1 is 0.756 bits per heavy atom. The molecule has 3 heteroatoms. The van der Waals surface area contributed by atoms with E-state index in [1.54, 1.807) is 23.2 Å². The third kappa shape index (κ3) is 7.32. The van der Waals surface area contributed by atoms with E-state index in [1.807, 2.05) is 3.28 Å². The van der Waals surface area contributed by atoms with Gasteiger partial charge in [0.1, 0.15) is 0 Å². The Bertz CT molecular complexity index is 1680. The molecule has 0 bridgehead atoms. The number of fused-ring (bicyclic) bond motifs is 3. The first-order valence-electron chi connectivity index (χ1n) is 16.5. The van der Waals surface area contributed by atoms with Crippen molar-refractivity contribution in [2.45, 2.75) is 114 Å². The number of rotatable bonds is 4. The summed E-state index contributed by atoms with van der Waals surface area (Å²) in [6.07, 6.45) is 4.81. The van der Waals surface area contributed by atoms with Crippen LogP contribution in [0.5, 0.6) is 0 Å². The summed E-state index contributed by atoms with van der Waals surface area (Å²) in [5, 5.41) is 0. The number of halogens is 2. The Kier molecular flexibility index (Phi) is 11.4. The average molecular weight is 721 g/mol. The quantitative estimate of drug-likeness (QED) is 0.281. The van der Waals surface area contributed by atoms with E-state index in [0.717, 1.165) is 12.8 Å². The average Bonchev–Trinajstić information content (AvgIpc) is 3.45. The van der Waals surface area contributed by atoms with Crippen molar-refractivity contribution in [2.75, 3.05) is 0 Å². The second kappa shape index (κ2) is 13.5. The summed E-state index contributed by atoms with van der Waals surface area (Å²) in [4.78, 5) is 0. The number of hydrogen-bond donors (Lipinski definition) is 0. The number of aryl methyl sites for hydroxylation is 1. The van der Waals surface area contributed by atoms with Crippen LogP contribution in [-0.4, -0.2) is 3.21 Å². The summed E-state index contributed by atoms with van der Waals surface area (Å²) >= 11 is -2.65. The maximum Gasteiger partial charge on any atom is -1.00 e. The van der Waals surface area contributed by atoms with Gasteiger partial charge in [0.2, 0.25) is 0 Å². The third-order valence-electron chi connectivity index (χ3n) is 9.83. The van der Waals surface area contributed by atoms with Gasteiger partial charge in [0, 0.05) is 0 Å². The molecule has 0 saturated carbocycles. The van der Waals surface area contributed by atoms with E-state index in [2.05, 4.69) is 151 Å². The van der Waals surface area contributed by atoms with Crippen molar-refractivity contribution in [3.8, 4) is 11.1 Å². The van der Waals surface area contributed by atoms with Crippen molar-refractivity contribution in [3.63, 3.8) is 0 Å². The molecule has 2 aliphatic carbocycles. The molecule has 0 nitrogen and oxygen atoms in total. The Labute approximate surface area is 295 Å². The Hall–Kier alpha value is -1.53. The summed E-state index contributed by atoms with van der Waals surface area (Å²) < 4.78 is 5.19. The maximum atomic E-state index is 2.68. The van der Waals surface area contributed by atoms with Gasteiger partial charge in [-0.2, -0.15) is 0 Å². The summed E-state index contributed by atoms with van der Waals surface area (Å²) in [7, 11) is 0. The third-order valence-corrected chi connectivity index (χ3v) is 18.0. The van der Waals surface area contributed by atoms with Crippen LogP contribution in [0.2, 0.25) is 0 Å². The van der Waals surface area contributed by atoms with Crippen molar-refractivity contribution >= 4 is 6.48 Å². The van der Waals surface area contributed by atoms with Gasteiger partial charge < -0.3 is 24.8 Å². The number of allylic oxidation sites excluding steroid dienone is 4. The van der Waals surface area contributed by atoms with Crippen LogP contribution in [0.4, 0.5) is 0 Å². The van der Waals surface area contributed by atoms with E-state index in [1.165, 1.54) is 38.9 Å². The summed E-state index contributed by atoms with van der Waals surface area (Å²) in [6, 6.07) is 22.0. The molecular weight excluding hydrogens is 667 g/mol. The van der Waals surface area contributed by atoms with E-state index in [9.17, 15) is 0 Å². The molecule has 1 unspecified atom stereocenters. The van der Waals surface area contributed by atoms with Gasteiger partial charge >= 0.3 is 272 Å². The van der Waals surface area contributed by atoms with Crippen LogP contribution in [-0.2, 0) is 38.5 Å². The predicted octanol–water partition coefficient (Wildman–Crippen LogP) is 4.94. The number of benzene rings is 3. The van der Waals surface area contributed by atoms with Crippen LogP contribution in [0.25, 0.3) is 11.1 Å². The number of hydrogen-bond acceptors (Lipinski definition) is 0. The molecule has 0 fully saturated rings. The molecule has 0 saturated heterocycles. The van der Waals surface area contributed by atoms with E-state index in [4.69, 9.17) is 0 Å². The molecule has 3 aromatic carbocycles. The van der Waals surface area contributed by atoms with E-state index in [0.29, 0.717) is 5.92 Å². The largest absolute Gasteiger partial charge is 1.00 e. The standard InChI is InChI=1S/C21H25.C12H19.C9H10.2ClH.Zr/c1-20(2,3)16-9-7-14-11-15-8-10-17(21(4,5)6)13-19(15)18(14)12-16;1-6-10-7-9(2)8-11(10)12(3,4)5;1-3-9-6-4-8(2)5-7-9;;;/h7,9-10,12-13H,11H2,1-6H3;8-9H,6H2,1-5H3;4-7H,1-2H3;2*1H;/q;;;;;+2/p-2. The molecule has 0 radical (unpaired) electrons. The normalized spacial score (nSPS) is 16.4. The summed E-state index contributed by atoms with van der Waals surface area (Å²) in [5.74, 6) is 0.490. The molecule has 3 aromatic rings. The summed E-state index contributed by atoms with van der Waals surface area (Å²) in [5.41, 5.74) is 15.4. The second-order valence-electron chi connectivity index (χ2n) is 16.3. The maximum absolute atomic E-state index is 2.68. The molecule has 0 heterocycles. The first kappa shape index (κ1) is 37.9. The van der Waals surface area contributed by atoms with Crippen molar-refractivity contribution in [1.29, 1.82) is 0 Å². The topological polar surface area (TPSA) is 0 Å². The SMILES string of the molecule is CCC1=[C](/[Zr+2](=[C](\C)c2ccc(C)cc2)[c]2cc(C(C)(C)C)cc3c2Cc2ccc(C(C)(C)C)cc2-3)C(C)C=C1C(C)(C)C.[Cl-].[Cl-]. The van der Waals surface area contributed by atoms with Crippen LogP contribution >= 0.6 is 0 Å². The molecule has 240 valence electrons. The predicted molar refractivity (Wildman–Crippen MR) is 187 cm³/mol. The van der Waals surface area contributed by atoms with Crippen molar-refractivity contribution < 1.29 is 46.1 Å². The smallest absolute Gasteiger partial charge is 1.00 e. The Morgan fingerprint density at radius 2 is 1.33 bits per heavy atom. The van der Waals surface area contributed by atoms with Crippen molar-refractivity contribution in [3.05, 3.63) is 108 Å². The minimum absolute atomic E-state index is 0. The van der Waals surface area contributed by atoms with Gasteiger partial charge in [-0.05, 0) is 0 Å². The molecule has 0 amide bonds. The fourth-order valence-electron chi connectivity index (χ4n) is 7.21. The van der Waals surface area contributed by atoms with Gasteiger partial charge in [-0.3, -0.25) is 0 Å². The molecular formula is C42H54Cl2Zr. The molecule has 45 heavy (non-hydrogen) atoms. The van der Waals surface area contributed by atoms with Gasteiger partial charge in [-0.15, -0.1) is 0 Å². The molecule has 0 aromatic heterocycles. The van der Waals surface area contributed by atoms with Crippen LogP contribution < -0.4 is 28.1 Å². The second-order valence-corrected chi connectivity index (χ2v) is 22.7. The fraction of sp³-hybridized carbons (Fsp3) is 0.452. The van der Waals surface area contributed by atoms with Gasteiger partial charge in [0.25, 0.3) is 0 Å². The summed E-state index contributed by atoms with van der Waals surface area (Å²) in [6.45, 7) is 31.0. The molecule has 2 aliphatic rings. The van der Waals surface area contributed by atoms with E-state index in [-0.39, 0.29) is 41.1 Å².